The topological polar surface area (TPSA) is 98.6 Å². The molecule has 32 heavy (non-hydrogen) atoms. The molecule has 0 bridgehead atoms. The van der Waals surface area contributed by atoms with E-state index in [9.17, 15) is 28.2 Å². The molecule has 174 valence electrons. The zero-order valence-electron chi connectivity index (χ0n) is 18.2. The summed E-state index contributed by atoms with van der Waals surface area (Å²) in [6, 6.07) is 4.56. The fourth-order valence-corrected chi connectivity index (χ4v) is 3.88. The van der Waals surface area contributed by atoms with E-state index in [4.69, 9.17) is 0 Å². The van der Waals surface area contributed by atoms with Gasteiger partial charge in [-0.15, -0.1) is 10.2 Å². The van der Waals surface area contributed by atoms with Gasteiger partial charge in [-0.1, -0.05) is 0 Å². The Labute approximate surface area is 184 Å². The minimum Gasteiger partial charge on any atom is -0.507 e. The number of phenolic OH excluding ortho intramolecular Hbond substituents is 1. The zero-order chi connectivity index (χ0) is 23.7. The maximum Gasteiger partial charge on any atom is 0.416 e. The van der Waals surface area contributed by atoms with E-state index in [1.165, 1.54) is 6.07 Å². The van der Waals surface area contributed by atoms with E-state index in [0.717, 1.165) is 25.5 Å². The Balaban J connectivity index is 1.71. The Morgan fingerprint density at radius 1 is 1.25 bits per heavy atom. The summed E-state index contributed by atoms with van der Waals surface area (Å²) < 4.78 is 38.5. The third kappa shape index (κ3) is 5.48. The molecular formula is C22H27F3N4O3. The number of aromatic hydroxyl groups is 1. The van der Waals surface area contributed by atoms with Gasteiger partial charge in [0.1, 0.15) is 11.6 Å². The van der Waals surface area contributed by atoms with E-state index in [1.807, 2.05) is 0 Å². The van der Waals surface area contributed by atoms with Crippen LogP contribution in [0.2, 0.25) is 0 Å². The SMILES string of the molecule is Cc1cc(N[C@@H]2CCCN(CC(C)(C)C(=O)O)C2)nnc1-c1ccc(C(F)(F)F)cc1O. The smallest absolute Gasteiger partial charge is 0.416 e. The quantitative estimate of drug-likeness (QED) is 0.605. The summed E-state index contributed by atoms with van der Waals surface area (Å²) in [4.78, 5) is 13.5. The van der Waals surface area contributed by atoms with Crippen LogP contribution in [-0.2, 0) is 11.0 Å². The molecule has 3 rings (SSSR count). The van der Waals surface area contributed by atoms with Crippen LogP contribution in [-0.4, -0.2) is 57.0 Å². The highest BCUT2D eigenvalue weighted by molar-refractivity contribution is 5.74. The number of piperidine rings is 1. The Morgan fingerprint density at radius 3 is 2.56 bits per heavy atom. The number of nitrogens with one attached hydrogen (secondary N) is 1. The lowest BCUT2D eigenvalue weighted by Crippen LogP contribution is -2.47. The molecule has 2 aromatic rings. The number of hydrogen-bond donors (Lipinski definition) is 3. The first-order valence-electron chi connectivity index (χ1n) is 10.3. The average molecular weight is 452 g/mol. The van der Waals surface area contributed by atoms with Gasteiger partial charge in [0.15, 0.2) is 0 Å². The molecule has 0 aliphatic carbocycles. The summed E-state index contributed by atoms with van der Waals surface area (Å²) in [7, 11) is 0. The lowest BCUT2D eigenvalue weighted by molar-refractivity contribution is -0.148. The molecule has 1 aromatic heterocycles. The molecule has 1 fully saturated rings. The average Bonchev–Trinajstić information content (AvgIpc) is 2.67. The first-order chi connectivity index (χ1) is 14.9. The van der Waals surface area contributed by atoms with Crippen LogP contribution in [0, 0.1) is 12.3 Å². The molecule has 7 nitrogen and oxygen atoms in total. The molecule has 0 spiro atoms. The van der Waals surface area contributed by atoms with Crippen molar-refractivity contribution in [3.05, 3.63) is 35.4 Å². The van der Waals surface area contributed by atoms with E-state index in [2.05, 4.69) is 20.4 Å². The van der Waals surface area contributed by atoms with Crippen molar-refractivity contribution < 1.29 is 28.2 Å². The second-order valence-electron chi connectivity index (χ2n) is 8.90. The number of rotatable bonds is 6. The predicted molar refractivity (Wildman–Crippen MR) is 113 cm³/mol. The van der Waals surface area contributed by atoms with Gasteiger partial charge >= 0.3 is 12.1 Å². The molecule has 2 heterocycles. The molecule has 3 N–H and O–H groups in total. The van der Waals surface area contributed by atoms with Crippen LogP contribution in [0.15, 0.2) is 24.3 Å². The van der Waals surface area contributed by atoms with E-state index >= 15 is 0 Å². The van der Waals surface area contributed by atoms with Gasteiger partial charge in [0.2, 0.25) is 0 Å². The van der Waals surface area contributed by atoms with E-state index < -0.39 is 28.9 Å². The lowest BCUT2D eigenvalue weighted by Gasteiger charge is -2.36. The summed E-state index contributed by atoms with van der Waals surface area (Å²) >= 11 is 0. The number of aryl methyl sites for hydroxylation is 1. The van der Waals surface area contributed by atoms with Gasteiger partial charge in [-0.25, -0.2) is 0 Å². The van der Waals surface area contributed by atoms with Gasteiger partial charge in [-0.3, -0.25) is 4.79 Å². The summed E-state index contributed by atoms with van der Waals surface area (Å²) in [5.41, 5.74) is -0.652. The number of carboxylic acids is 1. The first kappa shape index (κ1) is 23.8. The van der Waals surface area contributed by atoms with Crippen molar-refractivity contribution >= 4 is 11.8 Å². The van der Waals surface area contributed by atoms with Crippen molar-refractivity contribution in [2.24, 2.45) is 5.41 Å². The number of halogens is 3. The molecule has 1 saturated heterocycles. The molecule has 0 radical (unpaired) electrons. The number of benzene rings is 1. The molecule has 0 saturated carbocycles. The second-order valence-corrected chi connectivity index (χ2v) is 8.90. The van der Waals surface area contributed by atoms with E-state index in [1.54, 1.807) is 26.8 Å². The first-order valence-corrected chi connectivity index (χ1v) is 10.3. The fraction of sp³-hybridized carbons (Fsp3) is 0.500. The normalized spacial score (nSPS) is 17.9. The number of aromatic nitrogens is 2. The standard InChI is InChI=1S/C22H27F3N4O3/c1-13-9-18(26-15-5-4-8-29(11-15)12-21(2,3)20(31)32)27-28-19(13)16-7-6-14(10-17(16)30)22(23,24)25/h6-7,9-10,15,30H,4-5,8,11-12H2,1-3H3,(H,26,27)(H,31,32)/t15-/m1/s1. The van der Waals surface area contributed by atoms with Gasteiger partial charge in [-0.05, 0) is 70.0 Å². The zero-order valence-corrected chi connectivity index (χ0v) is 18.2. The van der Waals surface area contributed by atoms with Gasteiger partial charge in [-0.2, -0.15) is 13.2 Å². The summed E-state index contributed by atoms with van der Waals surface area (Å²) in [5.74, 6) is -0.833. The maximum absolute atomic E-state index is 12.8. The highest BCUT2D eigenvalue weighted by Gasteiger charge is 2.33. The molecule has 0 unspecified atom stereocenters. The minimum absolute atomic E-state index is 0.0624. The monoisotopic (exact) mass is 452 g/mol. The molecule has 0 amide bonds. The Bertz CT molecular complexity index is 995. The number of likely N-dealkylation sites (tertiary alicyclic amines) is 1. The van der Waals surface area contributed by atoms with Crippen molar-refractivity contribution in [2.45, 2.75) is 45.8 Å². The van der Waals surface area contributed by atoms with Crippen LogP contribution >= 0.6 is 0 Å². The summed E-state index contributed by atoms with van der Waals surface area (Å²) in [6.45, 7) is 7.09. The minimum atomic E-state index is -4.54. The van der Waals surface area contributed by atoms with Gasteiger partial charge in [0.25, 0.3) is 0 Å². The number of carbonyl (C=O) groups is 1. The van der Waals surface area contributed by atoms with Crippen molar-refractivity contribution in [2.75, 3.05) is 25.0 Å². The highest BCUT2D eigenvalue weighted by Crippen LogP contribution is 2.37. The fourth-order valence-electron chi connectivity index (χ4n) is 3.88. The van der Waals surface area contributed by atoms with Crippen molar-refractivity contribution in [3.8, 4) is 17.0 Å². The van der Waals surface area contributed by atoms with Gasteiger partial charge in [0.05, 0.1) is 16.7 Å². The molecule has 1 aliphatic heterocycles. The number of alkyl halides is 3. The van der Waals surface area contributed by atoms with Crippen LogP contribution < -0.4 is 5.32 Å². The van der Waals surface area contributed by atoms with E-state index in [0.29, 0.717) is 36.2 Å². The van der Waals surface area contributed by atoms with Gasteiger partial charge < -0.3 is 20.4 Å². The maximum atomic E-state index is 12.8. The lowest BCUT2D eigenvalue weighted by atomic mass is 9.91. The molecule has 1 aromatic carbocycles. The van der Waals surface area contributed by atoms with Crippen molar-refractivity contribution in [3.63, 3.8) is 0 Å². The largest absolute Gasteiger partial charge is 0.507 e. The number of nitrogens with zero attached hydrogens (tertiary/aromatic N) is 3. The van der Waals surface area contributed by atoms with Crippen molar-refractivity contribution in [1.29, 1.82) is 0 Å². The van der Waals surface area contributed by atoms with Crippen LogP contribution in [0.1, 0.15) is 37.8 Å². The van der Waals surface area contributed by atoms with Crippen LogP contribution in [0.3, 0.4) is 0 Å². The van der Waals surface area contributed by atoms with E-state index in [-0.39, 0.29) is 11.6 Å². The number of phenols is 1. The Hall–Kier alpha value is -2.88. The third-order valence-corrected chi connectivity index (χ3v) is 5.62. The number of anilines is 1. The number of carboxylic acid groups (broad SMARTS) is 1. The molecule has 1 aliphatic rings. The Kier molecular flexibility index (Phi) is 6.64. The predicted octanol–water partition coefficient (Wildman–Crippen LogP) is 4.16. The van der Waals surface area contributed by atoms with Crippen LogP contribution in [0.4, 0.5) is 19.0 Å². The van der Waals surface area contributed by atoms with Gasteiger partial charge in [0, 0.05) is 24.7 Å². The summed E-state index contributed by atoms with van der Waals surface area (Å²) in [5, 5.41) is 31.0. The highest BCUT2D eigenvalue weighted by atomic mass is 19.4. The number of aliphatic carboxylic acids is 1. The second kappa shape index (κ2) is 8.93. The third-order valence-electron chi connectivity index (χ3n) is 5.62. The molecular weight excluding hydrogens is 425 g/mol. The molecule has 1 atom stereocenters. The number of hydrogen-bond acceptors (Lipinski definition) is 6. The van der Waals surface area contributed by atoms with Crippen LogP contribution in [0.25, 0.3) is 11.3 Å². The van der Waals surface area contributed by atoms with Crippen molar-refractivity contribution in [1.82, 2.24) is 15.1 Å². The molecule has 10 heteroatoms. The summed E-state index contributed by atoms with van der Waals surface area (Å²) in [6.07, 6.45) is -2.73. The van der Waals surface area contributed by atoms with Crippen LogP contribution in [0.5, 0.6) is 5.75 Å². The Morgan fingerprint density at radius 2 is 1.97 bits per heavy atom.